The van der Waals surface area contributed by atoms with Crippen molar-refractivity contribution in [3.63, 3.8) is 0 Å². The molecule has 27 heavy (non-hydrogen) atoms. The maximum Gasteiger partial charge on any atom is 0.336 e. The molecule has 4 rings (SSSR count). The Morgan fingerprint density at radius 1 is 1.19 bits per heavy atom. The Labute approximate surface area is 167 Å². The lowest BCUT2D eigenvalue weighted by Crippen LogP contribution is -2.32. The molecule has 1 aromatic heterocycles. The van der Waals surface area contributed by atoms with Crippen molar-refractivity contribution in [1.82, 2.24) is 0 Å². The second kappa shape index (κ2) is 7.10. The SMILES string of the molecule is CCCc1cc(=O)oc2c3c(c(Cl)cc12)OCN(c1cc(Cl)ccc1C)C3. The second-order valence-corrected chi connectivity index (χ2v) is 7.63. The number of hydrogen-bond acceptors (Lipinski definition) is 4. The molecule has 0 spiro atoms. The largest absolute Gasteiger partial charge is 0.471 e. The van der Waals surface area contributed by atoms with Gasteiger partial charge in [-0.25, -0.2) is 4.79 Å². The van der Waals surface area contributed by atoms with Crippen molar-refractivity contribution in [1.29, 1.82) is 0 Å². The van der Waals surface area contributed by atoms with E-state index in [0.717, 1.165) is 40.6 Å². The molecule has 0 aliphatic carbocycles. The van der Waals surface area contributed by atoms with Crippen LogP contribution in [-0.4, -0.2) is 6.73 Å². The summed E-state index contributed by atoms with van der Waals surface area (Å²) in [5.74, 6) is 0.580. The van der Waals surface area contributed by atoms with E-state index in [1.807, 2.05) is 31.2 Å². The number of benzene rings is 2. The van der Waals surface area contributed by atoms with Crippen LogP contribution in [0, 0.1) is 6.92 Å². The van der Waals surface area contributed by atoms with Gasteiger partial charge in [-0.2, -0.15) is 0 Å². The summed E-state index contributed by atoms with van der Waals surface area (Å²) in [7, 11) is 0. The number of anilines is 1. The molecule has 140 valence electrons. The van der Waals surface area contributed by atoms with E-state index in [9.17, 15) is 4.79 Å². The van der Waals surface area contributed by atoms with E-state index in [2.05, 4.69) is 11.8 Å². The number of aryl methyl sites for hydroxylation is 2. The van der Waals surface area contributed by atoms with Gasteiger partial charge in [0.05, 0.1) is 17.1 Å². The Morgan fingerprint density at radius 2 is 2.00 bits per heavy atom. The number of halogens is 2. The first-order valence-corrected chi connectivity index (χ1v) is 9.65. The molecular formula is C21H19Cl2NO3. The van der Waals surface area contributed by atoms with E-state index in [1.165, 1.54) is 0 Å². The molecule has 0 unspecified atom stereocenters. The minimum atomic E-state index is -0.355. The highest BCUT2D eigenvalue weighted by atomic mass is 35.5. The molecule has 3 aromatic rings. The Morgan fingerprint density at radius 3 is 2.78 bits per heavy atom. The van der Waals surface area contributed by atoms with Crippen molar-refractivity contribution in [2.24, 2.45) is 0 Å². The minimum absolute atomic E-state index is 0.346. The van der Waals surface area contributed by atoms with Gasteiger partial charge in [0.15, 0.2) is 6.73 Å². The van der Waals surface area contributed by atoms with Crippen LogP contribution in [0.25, 0.3) is 11.0 Å². The van der Waals surface area contributed by atoms with E-state index < -0.39 is 0 Å². The molecule has 4 nitrogen and oxygen atoms in total. The van der Waals surface area contributed by atoms with Gasteiger partial charge in [-0.1, -0.05) is 42.6 Å². The third kappa shape index (κ3) is 3.28. The smallest absolute Gasteiger partial charge is 0.336 e. The third-order valence-electron chi connectivity index (χ3n) is 4.87. The number of fused-ring (bicyclic) bond motifs is 3. The van der Waals surface area contributed by atoms with Gasteiger partial charge in [-0.3, -0.25) is 0 Å². The highest BCUT2D eigenvalue weighted by molar-refractivity contribution is 6.33. The molecule has 0 saturated heterocycles. The molecule has 6 heteroatoms. The lowest BCUT2D eigenvalue weighted by molar-refractivity contribution is 0.289. The van der Waals surface area contributed by atoms with E-state index in [1.54, 1.807) is 6.07 Å². The maximum absolute atomic E-state index is 12.1. The van der Waals surface area contributed by atoms with Gasteiger partial charge in [0.25, 0.3) is 0 Å². The fourth-order valence-electron chi connectivity index (χ4n) is 3.61. The standard InChI is InChI=1S/C21H19Cl2NO3/c1-3-4-13-7-19(25)27-20-15(13)9-17(23)21-16(20)10-24(11-26-21)18-8-14(22)6-5-12(18)2/h5-9H,3-4,10-11H2,1-2H3. The van der Waals surface area contributed by atoms with Crippen molar-refractivity contribution in [3.8, 4) is 5.75 Å². The van der Waals surface area contributed by atoms with Crippen LogP contribution in [0.15, 0.2) is 39.5 Å². The zero-order chi connectivity index (χ0) is 19.1. The highest BCUT2D eigenvalue weighted by Crippen LogP contribution is 2.41. The molecule has 0 bridgehead atoms. The van der Waals surface area contributed by atoms with Crippen LogP contribution >= 0.6 is 23.2 Å². The maximum atomic E-state index is 12.1. The van der Waals surface area contributed by atoms with Crippen molar-refractivity contribution in [3.05, 3.63) is 67.5 Å². The zero-order valence-electron chi connectivity index (χ0n) is 15.1. The predicted molar refractivity (Wildman–Crippen MR) is 109 cm³/mol. The molecule has 0 amide bonds. The Hall–Kier alpha value is -2.17. The molecular weight excluding hydrogens is 385 g/mol. The van der Waals surface area contributed by atoms with Gasteiger partial charge in [0.1, 0.15) is 11.3 Å². The predicted octanol–water partition coefficient (Wildman–Crippen LogP) is 5.72. The van der Waals surface area contributed by atoms with Crippen LogP contribution in [0.1, 0.15) is 30.0 Å². The Kier molecular flexibility index (Phi) is 4.79. The van der Waals surface area contributed by atoms with Crippen molar-refractivity contribution in [2.45, 2.75) is 33.2 Å². The topological polar surface area (TPSA) is 42.7 Å². The Bertz CT molecular complexity index is 1090. The minimum Gasteiger partial charge on any atom is -0.471 e. The van der Waals surface area contributed by atoms with Crippen LogP contribution in [0.3, 0.4) is 0 Å². The van der Waals surface area contributed by atoms with E-state index in [0.29, 0.717) is 34.7 Å². The summed E-state index contributed by atoms with van der Waals surface area (Å²) in [6, 6.07) is 9.14. The molecule has 0 saturated carbocycles. The van der Waals surface area contributed by atoms with Crippen LogP contribution in [0.5, 0.6) is 5.75 Å². The molecule has 1 aliphatic rings. The number of ether oxygens (including phenoxy) is 1. The number of rotatable bonds is 3. The van der Waals surface area contributed by atoms with Crippen LogP contribution < -0.4 is 15.3 Å². The van der Waals surface area contributed by atoms with E-state index in [-0.39, 0.29) is 5.63 Å². The molecule has 0 radical (unpaired) electrons. The van der Waals surface area contributed by atoms with Gasteiger partial charge < -0.3 is 14.1 Å². The summed E-state index contributed by atoms with van der Waals surface area (Å²) in [6.07, 6.45) is 1.72. The zero-order valence-corrected chi connectivity index (χ0v) is 16.7. The van der Waals surface area contributed by atoms with Gasteiger partial charge in [0, 0.05) is 22.2 Å². The Balaban J connectivity index is 1.89. The summed E-state index contributed by atoms with van der Waals surface area (Å²) in [5.41, 5.74) is 4.00. The third-order valence-corrected chi connectivity index (χ3v) is 5.38. The van der Waals surface area contributed by atoms with Gasteiger partial charge in [-0.15, -0.1) is 0 Å². The molecule has 1 aliphatic heterocycles. The van der Waals surface area contributed by atoms with Crippen LogP contribution in [0.4, 0.5) is 5.69 Å². The van der Waals surface area contributed by atoms with Gasteiger partial charge in [-0.05, 0) is 42.7 Å². The molecule has 2 heterocycles. The number of nitrogens with zero attached hydrogens (tertiary/aromatic N) is 1. The van der Waals surface area contributed by atoms with Crippen LogP contribution in [0.2, 0.25) is 10.0 Å². The number of hydrogen-bond donors (Lipinski definition) is 0. The molecule has 2 aromatic carbocycles. The molecule has 0 atom stereocenters. The monoisotopic (exact) mass is 403 g/mol. The van der Waals surface area contributed by atoms with Crippen molar-refractivity contribution < 1.29 is 9.15 Å². The molecule has 0 N–H and O–H groups in total. The lowest BCUT2D eigenvalue weighted by Gasteiger charge is -2.32. The summed E-state index contributed by atoms with van der Waals surface area (Å²) < 4.78 is 11.5. The fourth-order valence-corrected chi connectivity index (χ4v) is 4.05. The summed E-state index contributed by atoms with van der Waals surface area (Å²) >= 11 is 12.7. The van der Waals surface area contributed by atoms with Crippen molar-refractivity contribution >= 4 is 39.9 Å². The quantitative estimate of drug-likeness (QED) is 0.524. The van der Waals surface area contributed by atoms with E-state index >= 15 is 0 Å². The lowest BCUT2D eigenvalue weighted by atomic mass is 10.0. The van der Waals surface area contributed by atoms with Crippen molar-refractivity contribution in [2.75, 3.05) is 11.6 Å². The first-order valence-electron chi connectivity index (χ1n) is 8.90. The van der Waals surface area contributed by atoms with Crippen LogP contribution in [-0.2, 0) is 13.0 Å². The second-order valence-electron chi connectivity index (χ2n) is 6.79. The average molecular weight is 404 g/mol. The summed E-state index contributed by atoms with van der Waals surface area (Å²) in [5, 5.41) is 2.06. The first kappa shape index (κ1) is 18.2. The van der Waals surface area contributed by atoms with Gasteiger partial charge >= 0.3 is 5.63 Å². The first-order chi connectivity index (χ1) is 13.0. The average Bonchev–Trinajstić information content (AvgIpc) is 2.65. The highest BCUT2D eigenvalue weighted by Gasteiger charge is 2.26. The van der Waals surface area contributed by atoms with E-state index in [4.69, 9.17) is 32.4 Å². The normalized spacial score (nSPS) is 13.6. The summed E-state index contributed by atoms with van der Waals surface area (Å²) in [6.45, 7) is 4.97. The fraction of sp³-hybridized carbons (Fsp3) is 0.286. The van der Waals surface area contributed by atoms with Gasteiger partial charge in [0.2, 0.25) is 0 Å². The molecule has 0 fully saturated rings. The summed E-state index contributed by atoms with van der Waals surface area (Å²) in [4.78, 5) is 14.2.